The van der Waals surface area contributed by atoms with E-state index in [4.69, 9.17) is 4.74 Å². The van der Waals surface area contributed by atoms with Gasteiger partial charge in [0.15, 0.2) is 0 Å². The quantitative estimate of drug-likeness (QED) is 0.698. The first kappa shape index (κ1) is 14.8. The molecule has 1 saturated heterocycles. The van der Waals surface area contributed by atoms with Gasteiger partial charge in [-0.25, -0.2) is 4.79 Å². The van der Waals surface area contributed by atoms with Gasteiger partial charge in [-0.2, -0.15) is 0 Å². The lowest BCUT2D eigenvalue weighted by molar-refractivity contribution is -0.116. The Morgan fingerprint density at radius 1 is 1.04 bits per heavy atom. The summed E-state index contributed by atoms with van der Waals surface area (Å²) in [5.41, 5.74) is 2.00. The van der Waals surface area contributed by atoms with Gasteiger partial charge in [0, 0.05) is 5.56 Å². The van der Waals surface area contributed by atoms with Crippen LogP contribution in [-0.2, 0) is 11.3 Å². The van der Waals surface area contributed by atoms with Crippen LogP contribution in [-0.4, -0.2) is 23.9 Å². The number of methoxy groups -OCH3 is 1. The van der Waals surface area contributed by atoms with Gasteiger partial charge >= 0.3 is 6.03 Å². The fourth-order valence-electron chi connectivity index (χ4n) is 2.46. The molecule has 0 unspecified atom stereocenters. The highest BCUT2D eigenvalue weighted by atomic mass is 16.5. The Balaban J connectivity index is 1.96. The van der Waals surface area contributed by atoms with E-state index < -0.39 is 11.9 Å². The topological polar surface area (TPSA) is 58.6 Å². The average Bonchev–Trinajstić information content (AvgIpc) is 2.83. The summed E-state index contributed by atoms with van der Waals surface area (Å²) in [6.45, 7) is 0.333. The molecule has 23 heavy (non-hydrogen) atoms. The smallest absolute Gasteiger partial charge is 0.329 e. The minimum atomic E-state index is -0.417. The number of hydrogen-bond acceptors (Lipinski definition) is 3. The van der Waals surface area contributed by atoms with Crippen LogP contribution in [0.15, 0.2) is 60.3 Å². The van der Waals surface area contributed by atoms with Crippen molar-refractivity contribution in [3.63, 3.8) is 0 Å². The number of para-hydroxylation sites is 1. The van der Waals surface area contributed by atoms with Crippen molar-refractivity contribution in [3.8, 4) is 5.75 Å². The molecule has 2 aromatic rings. The largest absolute Gasteiger partial charge is 0.496 e. The number of imide groups is 1. The van der Waals surface area contributed by atoms with Crippen molar-refractivity contribution in [2.24, 2.45) is 0 Å². The lowest BCUT2D eigenvalue weighted by Gasteiger charge is -2.15. The second kappa shape index (κ2) is 6.36. The molecule has 0 bridgehead atoms. The van der Waals surface area contributed by atoms with Crippen LogP contribution in [0.5, 0.6) is 5.75 Å². The Kier molecular flexibility index (Phi) is 4.10. The van der Waals surface area contributed by atoms with Gasteiger partial charge in [-0.05, 0) is 17.7 Å². The van der Waals surface area contributed by atoms with Crippen LogP contribution in [0.25, 0.3) is 6.08 Å². The molecule has 0 atom stereocenters. The highest BCUT2D eigenvalue weighted by Crippen LogP contribution is 2.24. The third-order valence-corrected chi connectivity index (χ3v) is 3.60. The van der Waals surface area contributed by atoms with Crippen molar-refractivity contribution in [2.45, 2.75) is 6.54 Å². The molecule has 1 aliphatic rings. The van der Waals surface area contributed by atoms with E-state index in [0.29, 0.717) is 18.0 Å². The molecule has 2 aromatic carbocycles. The third kappa shape index (κ3) is 3.08. The van der Waals surface area contributed by atoms with Crippen LogP contribution in [0, 0.1) is 0 Å². The zero-order valence-corrected chi connectivity index (χ0v) is 12.7. The number of hydrogen-bond donors (Lipinski definition) is 1. The lowest BCUT2D eigenvalue weighted by atomic mass is 10.1. The maximum atomic E-state index is 12.1. The lowest BCUT2D eigenvalue weighted by Crippen LogP contribution is -2.27. The summed E-state index contributed by atoms with van der Waals surface area (Å²) in [4.78, 5) is 25.6. The highest BCUT2D eigenvalue weighted by Gasteiger charge is 2.33. The molecular formula is C18H16N2O3. The first-order valence-corrected chi connectivity index (χ1v) is 7.20. The Bertz CT molecular complexity index is 769. The second-order valence-electron chi connectivity index (χ2n) is 5.10. The molecular weight excluding hydrogens is 292 g/mol. The molecule has 0 saturated carbocycles. The zero-order valence-electron chi connectivity index (χ0n) is 12.7. The molecule has 3 rings (SSSR count). The van der Waals surface area contributed by atoms with E-state index in [9.17, 15) is 9.59 Å². The van der Waals surface area contributed by atoms with Gasteiger partial charge < -0.3 is 4.74 Å². The number of nitrogens with one attached hydrogen (secondary N) is 1. The zero-order chi connectivity index (χ0) is 16.2. The molecule has 3 amide bonds. The molecule has 1 fully saturated rings. The average molecular weight is 308 g/mol. The van der Waals surface area contributed by atoms with Gasteiger partial charge in [0.1, 0.15) is 11.4 Å². The minimum Gasteiger partial charge on any atom is -0.496 e. The molecule has 1 heterocycles. The van der Waals surface area contributed by atoms with E-state index >= 15 is 0 Å². The number of ether oxygens (including phenoxy) is 1. The van der Waals surface area contributed by atoms with Crippen molar-refractivity contribution in [1.82, 2.24) is 10.2 Å². The van der Waals surface area contributed by atoms with E-state index in [1.807, 2.05) is 54.6 Å². The molecule has 0 spiro atoms. The molecule has 5 nitrogen and oxygen atoms in total. The summed E-state index contributed by atoms with van der Waals surface area (Å²) in [5.74, 6) is 0.239. The van der Waals surface area contributed by atoms with Crippen molar-refractivity contribution in [2.75, 3.05) is 7.11 Å². The molecule has 5 heteroatoms. The van der Waals surface area contributed by atoms with Crippen LogP contribution < -0.4 is 10.1 Å². The van der Waals surface area contributed by atoms with Crippen LogP contribution in [0.4, 0.5) is 4.79 Å². The minimum absolute atomic E-state index is 0.309. The monoisotopic (exact) mass is 308 g/mol. The SMILES string of the molecule is COc1ccccc1C=C1C(=O)NC(=O)N1Cc1ccccc1. The summed E-state index contributed by atoms with van der Waals surface area (Å²) < 4.78 is 5.29. The van der Waals surface area contributed by atoms with Crippen molar-refractivity contribution >= 4 is 18.0 Å². The normalized spacial score (nSPS) is 15.9. The predicted molar refractivity (Wildman–Crippen MR) is 86.5 cm³/mol. The number of urea groups is 1. The molecule has 1 N–H and O–H groups in total. The first-order valence-electron chi connectivity index (χ1n) is 7.20. The summed E-state index contributed by atoms with van der Waals surface area (Å²) in [5, 5.41) is 2.33. The van der Waals surface area contributed by atoms with Gasteiger partial charge in [0.05, 0.1) is 13.7 Å². The molecule has 116 valence electrons. The third-order valence-electron chi connectivity index (χ3n) is 3.60. The number of benzene rings is 2. The van der Waals surface area contributed by atoms with Gasteiger partial charge in [0.25, 0.3) is 5.91 Å². The highest BCUT2D eigenvalue weighted by molar-refractivity contribution is 6.14. The fourth-order valence-corrected chi connectivity index (χ4v) is 2.46. The maximum absolute atomic E-state index is 12.1. The molecule has 0 radical (unpaired) electrons. The Labute approximate surface area is 134 Å². The molecule has 0 aromatic heterocycles. The Morgan fingerprint density at radius 2 is 1.74 bits per heavy atom. The summed E-state index contributed by atoms with van der Waals surface area (Å²) in [6.07, 6.45) is 1.67. The number of rotatable bonds is 4. The van der Waals surface area contributed by atoms with Crippen molar-refractivity contribution < 1.29 is 14.3 Å². The number of amides is 3. The summed E-state index contributed by atoms with van der Waals surface area (Å²) >= 11 is 0. The van der Waals surface area contributed by atoms with Gasteiger partial charge in [-0.15, -0.1) is 0 Å². The first-order chi connectivity index (χ1) is 11.2. The van der Waals surface area contributed by atoms with Gasteiger partial charge in [0.2, 0.25) is 0 Å². The fraction of sp³-hybridized carbons (Fsp3) is 0.111. The van der Waals surface area contributed by atoms with E-state index in [1.165, 1.54) is 4.90 Å². The van der Waals surface area contributed by atoms with E-state index in [1.54, 1.807) is 13.2 Å². The van der Waals surface area contributed by atoms with Crippen LogP contribution in [0.3, 0.4) is 0 Å². The van der Waals surface area contributed by atoms with E-state index in [2.05, 4.69) is 5.32 Å². The molecule has 1 aliphatic heterocycles. The number of nitrogens with zero attached hydrogens (tertiary/aromatic N) is 1. The number of carbonyl (C=O) groups excluding carboxylic acids is 2. The molecule has 0 aliphatic carbocycles. The van der Waals surface area contributed by atoms with Crippen molar-refractivity contribution in [3.05, 3.63) is 71.4 Å². The standard InChI is InChI=1S/C18H16N2O3/c1-23-16-10-6-5-9-14(16)11-15-17(21)19-18(22)20(15)12-13-7-3-2-4-8-13/h2-11H,12H2,1H3,(H,19,21,22). The van der Waals surface area contributed by atoms with Gasteiger partial charge in [-0.3, -0.25) is 15.0 Å². The summed E-state index contributed by atoms with van der Waals surface area (Å²) in [7, 11) is 1.57. The van der Waals surface area contributed by atoms with Crippen LogP contribution in [0.2, 0.25) is 0 Å². The van der Waals surface area contributed by atoms with E-state index in [-0.39, 0.29) is 0 Å². The van der Waals surface area contributed by atoms with Crippen LogP contribution in [0.1, 0.15) is 11.1 Å². The Hall–Kier alpha value is -3.08. The van der Waals surface area contributed by atoms with Gasteiger partial charge in [-0.1, -0.05) is 48.5 Å². The second-order valence-corrected chi connectivity index (χ2v) is 5.10. The van der Waals surface area contributed by atoms with Crippen molar-refractivity contribution in [1.29, 1.82) is 0 Å². The van der Waals surface area contributed by atoms with E-state index in [0.717, 1.165) is 11.1 Å². The maximum Gasteiger partial charge on any atom is 0.329 e. The Morgan fingerprint density at radius 3 is 2.48 bits per heavy atom. The predicted octanol–water partition coefficient (Wildman–Crippen LogP) is 2.79. The van der Waals surface area contributed by atoms with Crippen LogP contribution >= 0.6 is 0 Å². The number of carbonyl (C=O) groups is 2. The summed E-state index contributed by atoms with van der Waals surface area (Å²) in [6, 6.07) is 16.5.